The quantitative estimate of drug-likeness (QED) is 0.858. The second-order valence-corrected chi connectivity index (χ2v) is 4.70. The molecule has 3 rings (SSSR count). The van der Waals surface area contributed by atoms with E-state index in [0.29, 0.717) is 0 Å². The lowest BCUT2D eigenvalue weighted by molar-refractivity contribution is 0.588. The Morgan fingerprint density at radius 3 is 2.88 bits per heavy atom. The maximum absolute atomic E-state index is 4.62. The van der Waals surface area contributed by atoms with Gasteiger partial charge in [0.25, 0.3) is 0 Å². The highest BCUT2D eigenvalue weighted by atomic mass is 32.1. The first kappa shape index (κ1) is 10.6. The normalized spacial score (nSPS) is 16.1. The van der Waals surface area contributed by atoms with Crippen LogP contribution in [0.3, 0.4) is 0 Å². The Balaban J connectivity index is 1.83. The monoisotopic (exact) mass is 247 g/mol. The lowest BCUT2D eigenvalue weighted by Gasteiger charge is -2.26. The van der Waals surface area contributed by atoms with Crippen molar-refractivity contribution in [2.75, 3.05) is 31.1 Å². The number of rotatable bonds is 2. The summed E-state index contributed by atoms with van der Waals surface area (Å²) in [6.45, 7) is 4.10. The number of nitrogens with one attached hydrogen (secondary N) is 1. The van der Waals surface area contributed by atoms with Crippen molar-refractivity contribution in [3.8, 4) is 11.4 Å². The third-order valence-corrected chi connectivity index (χ3v) is 3.62. The first-order valence-corrected chi connectivity index (χ1v) is 6.51. The summed E-state index contributed by atoms with van der Waals surface area (Å²) in [7, 11) is 0. The largest absolute Gasteiger partial charge is 0.346 e. The Labute approximate surface area is 104 Å². The molecule has 1 fully saturated rings. The summed E-state index contributed by atoms with van der Waals surface area (Å²) in [5.74, 6) is 0. The van der Waals surface area contributed by atoms with E-state index in [1.807, 2.05) is 17.5 Å². The van der Waals surface area contributed by atoms with Gasteiger partial charge >= 0.3 is 0 Å². The van der Waals surface area contributed by atoms with E-state index in [2.05, 4.69) is 25.4 Å². The predicted molar refractivity (Wildman–Crippen MR) is 68.2 cm³/mol. The average molecular weight is 247 g/mol. The zero-order chi connectivity index (χ0) is 11.5. The average Bonchev–Trinajstić information content (AvgIpc) is 2.90. The van der Waals surface area contributed by atoms with E-state index < -0.39 is 0 Å². The van der Waals surface area contributed by atoms with Crippen LogP contribution in [0.2, 0.25) is 0 Å². The van der Waals surface area contributed by atoms with Crippen molar-refractivity contribution < 1.29 is 0 Å². The molecule has 0 unspecified atom stereocenters. The molecule has 0 bridgehead atoms. The standard InChI is InChI=1S/C11H13N5S/c1-2-9(15-13-3-1)10-8-17-11(14-10)16-6-4-12-5-7-16/h1-3,8,12H,4-7H2. The number of thiazole rings is 1. The highest BCUT2D eigenvalue weighted by molar-refractivity contribution is 7.14. The fourth-order valence-corrected chi connectivity index (χ4v) is 2.69. The van der Waals surface area contributed by atoms with Crippen LogP contribution in [-0.4, -0.2) is 41.4 Å². The Bertz CT molecular complexity index is 478. The minimum Gasteiger partial charge on any atom is -0.346 e. The molecular formula is C11H13N5S. The third kappa shape index (κ3) is 2.27. The Morgan fingerprint density at radius 2 is 2.12 bits per heavy atom. The van der Waals surface area contributed by atoms with Crippen LogP contribution in [0.1, 0.15) is 0 Å². The molecule has 0 saturated carbocycles. The van der Waals surface area contributed by atoms with Crippen molar-refractivity contribution in [2.45, 2.75) is 0 Å². The second-order valence-electron chi connectivity index (χ2n) is 3.86. The molecule has 1 N–H and O–H groups in total. The van der Waals surface area contributed by atoms with Crippen LogP contribution in [-0.2, 0) is 0 Å². The van der Waals surface area contributed by atoms with E-state index in [1.165, 1.54) is 0 Å². The van der Waals surface area contributed by atoms with E-state index in [0.717, 1.165) is 42.7 Å². The van der Waals surface area contributed by atoms with Gasteiger partial charge in [-0.25, -0.2) is 4.98 Å². The molecule has 0 amide bonds. The molecular weight excluding hydrogens is 234 g/mol. The van der Waals surface area contributed by atoms with Gasteiger partial charge in [-0.3, -0.25) is 0 Å². The summed E-state index contributed by atoms with van der Waals surface area (Å²) in [5.41, 5.74) is 1.75. The fourth-order valence-electron chi connectivity index (χ4n) is 1.82. The predicted octanol–water partition coefficient (Wildman–Crippen LogP) is 1.01. The van der Waals surface area contributed by atoms with E-state index in [1.54, 1.807) is 17.5 Å². The third-order valence-electron chi connectivity index (χ3n) is 2.71. The van der Waals surface area contributed by atoms with Gasteiger partial charge in [-0.05, 0) is 12.1 Å². The van der Waals surface area contributed by atoms with Crippen molar-refractivity contribution >= 4 is 16.5 Å². The Hall–Kier alpha value is -1.53. The first-order valence-electron chi connectivity index (χ1n) is 5.63. The first-order chi connectivity index (χ1) is 8.43. The minimum atomic E-state index is 0.838. The van der Waals surface area contributed by atoms with E-state index >= 15 is 0 Å². The molecule has 0 radical (unpaired) electrons. The van der Waals surface area contributed by atoms with Gasteiger partial charge in [0.2, 0.25) is 0 Å². The molecule has 17 heavy (non-hydrogen) atoms. The van der Waals surface area contributed by atoms with Gasteiger partial charge in [0.1, 0.15) is 11.4 Å². The number of nitrogens with zero attached hydrogens (tertiary/aromatic N) is 4. The van der Waals surface area contributed by atoms with Gasteiger partial charge in [-0.2, -0.15) is 5.10 Å². The van der Waals surface area contributed by atoms with Crippen molar-refractivity contribution in [1.29, 1.82) is 0 Å². The molecule has 1 saturated heterocycles. The van der Waals surface area contributed by atoms with E-state index in [4.69, 9.17) is 0 Å². The molecule has 2 aromatic heterocycles. The van der Waals surface area contributed by atoms with Crippen LogP contribution >= 0.6 is 11.3 Å². The van der Waals surface area contributed by atoms with Gasteiger partial charge in [-0.1, -0.05) is 0 Å². The second kappa shape index (κ2) is 4.77. The summed E-state index contributed by atoms with van der Waals surface area (Å²) in [5, 5.41) is 14.4. The van der Waals surface area contributed by atoms with Crippen molar-refractivity contribution in [3.05, 3.63) is 23.7 Å². The van der Waals surface area contributed by atoms with Gasteiger partial charge in [0.05, 0.1) is 0 Å². The van der Waals surface area contributed by atoms with Crippen LogP contribution in [0.5, 0.6) is 0 Å². The van der Waals surface area contributed by atoms with Gasteiger partial charge in [0.15, 0.2) is 5.13 Å². The van der Waals surface area contributed by atoms with Crippen molar-refractivity contribution in [2.24, 2.45) is 0 Å². The summed E-state index contributed by atoms with van der Waals surface area (Å²) < 4.78 is 0. The van der Waals surface area contributed by atoms with Crippen LogP contribution in [0.25, 0.3) is 11.4 Å². The maximum atomic E-state index is 4.62. The van der Waals surface area contributed by atoms with Crippen molar-refractivity contribution in [1.82, 2.24) is 20.5 Å². The maximum Gasteiger partial charge on any atom is 0.186 e. The molecule has 0 aromatic carbocycles. The molecule has 1 aliphatic rings. The van der Waals surface area contributed by atoms with Crippen LogP contribution < -0.4 is 10.2 Å². The summed E-state index contributed by atoms with van der Waals surface area (Å²) in [6.07, 6.45) is 1.67. The summed E-state index contributed by atoms with van der Waals surface area (Å²) >= 11 is 1.67. The molecule has 1 aliphatic heterocycles. The molecule has 5 nitrogen and oxygen atoms in total. The topological polar surface area (TPSA) is 53.9 Å². The SMILES string of the molecule is c1cnnc(-c2csc(N3CCNCC3)n2)c1. The number of piperazine rings is 1. The number of aromatic nitrogens is 3. The Kier molecular flexibility index (Phi) is 2.98. The van der Waals surface area contributed by atoms with Crippen LogP contribution in [0.4, 0.5) is 5.13 Å². The van der Waals surface area contributed by atoms with E-state index in [9.17, 15) is 0 Å². The zero-order valence-electron chi connectivity index (χ0n) is 9.33. The van der Waals surface area contributed by atoms with Crippen LogP contribution in [0.15, 0.2) is 23.7 Å². The molecule has 88 valence electrons. The zero-order valence-corrected chi connectivity index (χ0v) is 10.2. The molecule has 6 heteroatoms. The highest BCUT2D eigenvalue weighted by Gasteiger charge is 2.14. The van der Waals surface area contributed by atoms with Crippen molar-refractivity contribution in [3.63, 3.8) is 0 Å². The highest BCUT2D eigenvalue weighted by Crippen LogP contribution is 2.25. The fraction of sp³-hybridized carbons (Fsp3) is 0.364. The molecule has 3 heterocycles. The summed E-state index contributed by atoms with van der Waals surface area (Å²) in [4.78, 5) is 6.92. The summed E-state index contributed by atoms with van der Waals surface area (Å²) in [6, 6.07) is 3.82. The minimum absolute atomic E-state index is 0.838. The van der Waals surface area contributed by atoms with Gasteiger partial charge in [-0.15, -0.1) is 16.4 Å². The number of hydrogen-bond donors (Lipinski definition) is 1. The van der Waals surface area contributed by atoms with Gasteiger partial charge in [0, 0.05) is 37.8 Å². The molecule has 0 spiro atoms. The lowest BCUT2D eigenvalue weighted by Crippen LogP contribution is -2.43. The smallest absolute Gasteiger partial charge is 0.186 e. The Morgan fingerprint density at radius 1 is 1.24 bits per heavy atom. The van der Waals surface area contributed by atoms with E-state index in [-0.39, 0.29) is 0 Å². The molecule has 2 aromatic rings. The molecule has 0 atom stereocenters. The number of anilines is 1. The number of hydrogen-bond acceptors (Lipinski definition) is 6. The lowest BCUT2D eigenvalue weighted by atomic mass is 10.3. The molecule has 0 aliphatic carbocycles. The van der Waals surface area contributed by atoms with Gasteiger partial charge < -0.3 is 10.2 Å². The van der Waals surface area contributed by atoms with Crippen LogP contribution in [0, 0.1) is 0 Å².